The molecule has 0 spiro atoms. The lowest BCUT2D eigenvalue weighted by atomic mass is 9.96. The second kappa shape index (κ2) is 26.5. The number of halogens is 3. The van der Waals surface area contributed by atoms with Gasteiger partial charge in [0.2, 0.25) is 6.41 Å². The van der Waals surface area contributed by atoms with Crippen LogP contribution in [0.25, 0.3) is 10.6 Å². The summed E-state index contributed by atoms with van der Waals surface area (Å²) in [5.41, 5.74) is 7.19. The Kier molecular flexibility index (Phi) is 26.1. The third kappa shape index (κ3) is 16.4. The number of rotatable bonds is 12. The molecule has 0 aliphatic heterocycles. The SMILES string of the molecule is CC.CC.CCCOCCC.CCc1cccc(C(C)c2sc(-c3ccccc3CN(CC)CC)nc2C(F)(F)F)c1.NC=O. The maximum Gasteiger partial charge on any atom is 0.434 e. The van der Waals surface area contributed by atoms with Crippen LogP contribution in [0.4, 0.5) is 13.2 Å². The summed E-state index contributed by atoms with van der Waals surface area (Å²) < 4.78 is 47.0. The lowest BCUT2D eigenvalue weighted by Gasteiger charge is -2.19. The summed E-state index contributed by atoms with van der Waals surface area (Å²) >= 11 is 1.16. The Hall–Kier alpha value is -2.75. The molecule has 9 heteroatoms. The van der Waals surface area contributed by atoms with Gasteiger partial charge < -0.3 is 10.5 Å². The van der Waals surface area contributed by atoms with Gasteiger partial charge in [0, 0.05) is 36.1 Å². The predicted molar refractivity (Wildman–Crippen MR) is 187 cm³/mol. The van der Waals surface area contributed by atoms with Gasteiger partial charge in [-0.05, 0) is 49.0 Å². The number of nitrogens with zero attached hydrogens (tertiary/aromatic N) is 2. The summed E-state index contributed by atoms with van der Waals surface area (Å²) in [7, 11) is 0. The average molecular weight is 654 g/mol. The van der Waals surface area contributed by atoms with Crippen molar-refractivity contribution in [2.75, 3.05) is 26.3 Å². The quantitative estimate of drug-likeness (QED) is 0.156. The standard InChI is InChI=1S/C25H29F3N2S.C6H14O.2C2H6.CH3NO/c1-5-18-11-10-13-19(15-18)17(4)22-23(25(26,27)28)29-24(31-22)21-14-9-8-12-20(21)16-30(6-2)7-3;1-3-5-7-6-4-2;2*1-2;2-1-3/h8-15,17H,5-7,16H2,1-4H3;3-6H2,1-2H3;2*1-2H3;1H,(H2,2,3). The summed E-state index contributed by atoms with van der Waals surface area (Å²) in [6.45, 7) is 24.6. The number of benzene rings is 2. The van der Waals surface area contributed by atoms with Crippen LogP contribution in [0.3, 0.4) is 0 Å². The Labute approximate surface area is 275 Å². The molecule has 3 aromatic rings. The Balaban J connectivity index is 0. The van der Waals surface area contributed by atoms with Crippen molar-refractivity contribution in [2.24, 2.45) is 5.73 Å². The first-order valence-corrected chi connectivity index (χ1v) is 17.1. The molecular weight excluding hydrogens is 595 g/mol. The zero-order valence-electron chi connectivity index (χ0n) is 29.3. The minimum atomic E-state index is -4.49. The Bertz CT molecular complexity index is 1140. The number of carbonyl (C=O) groups excluding carboxylic acids is 1. The van der Waals surface area contributed by atoms with Crippen LogP contribution in [-0.4, -0.2) is 42.6 Å². The summed E-state index contributed by atoms with van der Waals surface area (Å²) in [6.07, 6.45) is -1.12. The molecule has 0 radical (unpaired) electrons. The molecule has 1 heterocycles. The van der Waals surface area contributed by atoms with Crippen LogP contribution in [0.2, 0.25) is 0 Å². The van der Waals surface area contributed by atoms with Gasteiger partial charge in [-0.2, -0.15) is 13.2 Å². The lowest BCUT2D eigenvalue weighted by molar-refractivity contribution is -0.141. The van der Waals surface area contributed by atoms with E-state index in [0.717, 1.165) is 79.2 Å². The number of hydrogen-bond donors (Lipinski definition) is 1. The van der Waals surface area contributed by atoms with E-state index in [4.69, 9.17) is 9.53 Å². The molecule has 1 unspecified atom stereocenters. The Morgan fingerprint density at radius 2 is 1.49 bits per heavy atom. The van der Waals surface area contributed by atoms with Crippen molar-refractivity contribution in [3.05, 3.63) is 75.8 Å². The molecule has 2 aromatic carbocycles. The normalized spacial score (nSPS) is 11.0. The number of amides is 1. The largest absolute Gasteiger partial charge is 0.434 e. The van der Waals surface area contributed by atoms with Crippen LogP contribution in [0.5, 0.6) is 0 Å². The van der Waals surface area contributed by atoms with Gasteiger partial charge in [0.05, 0.1) is 0 Å². The highest BCUT2D eigenvalue weighted by Crippen LogP contribution is 2.43. The molecule has 0 fully saturated rings. The van der Waals surface area contributed by atoms with Gasteiger partial charge in [-0.1, -0.05) is 118 Å². The number of aryl methyl sites for hydroxylation is 1. The van der Waals surface area contributed by atoms with Gasteiger partial charge in [-0.3, -0.25) is 9.69 Å². The number of hydrogen-bond acceptors (Lipinski definition) is 5. The first-order chi connectivity index (χ1) is 21.6. The van der Waals surface area contributed by atoms with Gasteiger partial charge in [-0.25, -0.2) is 4.98 Å². The molecule has 45 heavy (non-hydrogen) atoms. The van der Waals surface area contributed by atoms with Gasteiger partial charge in [-0.15, -0.1) is 11.3 Å². The zero-order valence-corrected chi connectivity index (χ0v) is 30.1. The van der Waals surface area contributed by atoms with Gasteiger partial charge in [0.15, 0.2) is 5.69 Å². The van der Waals surface area contributed by atoms with E-state index < -0.39 is 11.9 Å². The third-order valence-electron chi connectivity index (χ3n) is 6.41. The molecule has 0 saturated heterocycles. The van der Waals surface area contributed by atoms with E-state index in [9.17, 15) is 13.2 Å². The molecule has 1 aromatic heterocycles. The maximum absolute atomic E-state index is 14.0. The van der Waals surface area contributed by atoms with Crippen LogP contribution in [0.1, 0.15) is 115 Å². The summed E-state index contributed by atoms with van der Waals surface area (Å²) in [5.74, 6) is -0.385. The van der Waals surface area contributed by atoms with Crippen LogP contribution in [0, 0.1) is 0 Å². The number of aromatic nitrogens is 1. The lowest BCUT2D eigenvalue weighted by Crippen LogP contribution is -2.22. The minimum Gasteiger partial charge on any atom is -0.381 e. The minimum absolute atomic E-state index is 0.250. The fourth-order valence-electron chi connectivity index (χ4n) is 4.12. The van der Waals surface area contributed by atoms with Crippen molar-refractivity contribution in [1.82, 2.24) is 9.88 Å². The maximum atomic E-state index is 14.0. The van der Waals surface area contributed by atoms with Crippen molar-refractivity contribution in [3.63, 3.8) is 0 Å². The fraction of sp³-hybridized carbons (Fsp3) is 0.556. The van der Waals surface area contributed by atoms with Crippen LogP contribution in [0.15, 0.2) is 48.5 Å². The summed E-state index contributed by atoms with van der Waals surface area (Å²) in [5, 5.41) is 0.434. The van der Waals surface area contributed by atoms with Crippen molar-refractivity contribution in [2.45, 2.75) is 107 Å². The Morgan fingerprint density at radius 3 is 1.98 bits per heavy atom. The topological polar surface area (TPSA) is 68.4 Å². The molecule has 1 atom stereocenters. The van der Waals surface area contributed by atoms with Gasteiger partial charge in [0.25, 0.3) is 0 Å². The van der Waals surface area contributed by atoms with Crippen molar-refractivity contribution >= 4 is 17.7 Å². The molecule has 1 amide bonds. The molecular formula is C36H58F3N3O2S. The smallest absolute Gasteiger partial charge is 0.381 e. The predicted octanol–water partition coefficient (Wildman–Crippen LogP) is 10.4. The fourth-order valence-corrected chi connectivity index (χ4v) is 5.35. The number of alkyl halides is 3. The third-order valence-corrected chi connectivity index (χ3v) is 7.68. The summed E-state index contributed by atoms with van der Waals surface area (Å²) in [4.78, 5) is 15.2. The highest BCUT2D eigenvalue weighted by atomic mass is 32.1. The van der Waals surface area contributed by atoms with Gasteiger partial charge >= 0.3 is 6.18 Å². The molecule has 2 N–H and O–H groups in total. The van der Waals surface area contributed by atoms with E-state index in [2.05, 4.69) is 43.3 Å². The van der Waals surface area contributed by atoms with Crippen LogP contribution >= 0.6 is 11.3 Å². The van der Waals surface area contributed by atoms with E-state index in [1.807, 2.05) is 90.1 Å². The monoisotopic (exact) mass is 653 g/mol. The number of primary amides is 1. The molecule has 0 saturated carbocycles. The van der Waals surface area contributed by atoms with Gasteiger partial charge in [0.1, 0.15) is 5.01 Å². The van der Waals surface area contributed by atoms with E-state index in [0.29, 0.717) is 11.6 Å². The zero-order chi connectivity index (χ0) is 34.8. The first-order valence-electron chi connectivity index (χ1n) is 16.3. The van der Waals surface area contributed by atoms with Crippen molar-refractivity contribution < 1.29 is 22.7 Å². The second-order valence-electron chi connectivity index (χ2n) is 9.42. The molecule has 0 aliphatic rings. The molecule has 3 rings (SSSR count). The highest BCUT2D eigenvalue weighted by Gasteiger charge is 2.39. The number of ether oxygens (including phenoxy) is 1. The summed E-state index contributed by atoms with van der Waals surface area (Å²) in [6, 6.07) is 15.5. The molecule has 0 aliphatic carbocycles. The van der Waals surface area contributed by atoms with E-state index >= 15 is 0 Å². The van der Waals surface area contributed by atoms with Crippen molar-refractivity contribution in [3.8, 4) is 10.6 Å². The van der Waals surface area contributed by atoms with E-state index in [1.54, 1.807) is 0 Å². The van der Waals surface area contributed by atoms with E-state index in [-0.39, 0.29) is 17.2 Å². The number of carbonyl (C=O) groups is 1. The molecule has 0 bridgehead atoms. The van der Waals surface area contributed by atoms with Crippen molar-refractivity contribution in [1.29, 1.82) is 0 Å². The number of nitrogens with two attached hydrogens (primary N) is 1. The van der Waals surface area contributed by atoms with Crippen LogP contribution < -0.4 is 5.73 Å². The number of thiazole rings is 1. The average Bonchev–Trinajstić information content (AvgIpc) is 3.53. The first kappa shape index (κ1) is 44.4. The molecule has 5 nitrogen and oxygen atoms in total. The second-order valence-corrected chi connectivity index (χ2v) is 10.4. The van der Waals surface area contributed by atoms with E-state index in [1.165, 1.54) is 0 Å². The Morgan fingerprint density at radius 1 is 0.933 bits per heavy atom. The van der Waals surface area contributed by atoms with Crippen LogP contribution in [-0.2, 0) is 28.7 Å². The highest BCUT2D eigenvalue weighted by molar-refractivity contribution is 7.15. The molecule has 256 valence electrons.